The van der Waals surface area contributed by atoms with Crippen molar-refractivity contribution in [3.8, 4) is 22.9 Å². The van der Waals surface area contributed by atoms with Crippen molar-refractivity contribution in [2.24, 2.45) is 0 Å². The zero-order valence-electron chi connectivity index (χ0n) is 16.0. The van der Waals surface area contributed by atoms with Crippen LogP contribution >= 0.6 is 0 Å². The van der Waals surface area contributed by atoms with Crippen LogP contribution in [-0.4, -0.2) is 41.5 Å². The van der Waals surface area contributed by atoms with Gasteiger partial charge in [0, 0.05) is 11.8 Å². The molecule has 8 heteroatoms. The molecule has 0 aliphatic rings. The minimum Gasteiger partial charge on any atom is -0.493 e. The molecule has 8 nitrogen and oxygen atoms in total. The summed E-state index contributed by atoms with van der Waals surface area (Å²) >= 11 is 0. The van der Waals surface area contributed by atoms with Crippen molar-refractivity contribution in [3.05, 3.63) is 54.6 Å². The smallest absolute Gasteiger partial charge is 0.262 e. The van der Waals surface area contributed by atoms with Crippen LogP contribution in [0.2, 0.25) is 0 Å². The number of nitrogens with one attached hydrogen (secondary N) is 1. The molecule has 0 atom stereocenters. The molecule has 1 amide bonds. The van der Waals surface area contributed by atoms with Crippen molar-refractivity contribution in [1.82, 2.24) is 14.8 Å². The molecular formula is C20H22N4O4. The number of hydrogen-bond donors (Lipinski definition) is 1. The molecule has 0 spiro atoms. The fraction of sp³-hybridized carbons (Fsp3) is 0.250. The molecule has 0 aliphatic carbocycles. The van der Waals surface area contributed by atoms with Gasteiger partial charge in [-0.3, -0.25) is 9.36 Å². The third-order valence-corrected chi connectivity index (χ3v) is 4.15. The molecule has 0 bridgehead atoms. The highest BCUT2D eigenvalue weighted by molar-refractivity contribution is 5.92. The van der Waals surface area contributed by atoms with E-state index in [0.717, 1.165) is 17.7 Å². The first-order chi connectivity index (χ1) is 13.6. The number of rotatable bonds is 8. The SMILES string of the molecule is CCc1ccc(OCC(=O)Nc2ccc(OC)c(OC)c2)c(-n2cnnc2)c1. The molecule has 2 aromatic carbocycles. The lowest BCUT2D eigenvalue weighted by Gasteiger charge is -2.14. The van der Waals surface area contributed by atoms with Gasteiger partial charge in [-0.15, -0.1) is 10.2 Å². The zero-order chi connectivity index (χ0) is 19.9. The van der Waals surface area contributed by atoms with Crippen LogP contribution in [0.5, 0.6) is 17.2 Å². The summed E-state index contributed by atoms with van der Waals surface area (Å²) in [7, 11) is 3.10. The molecule has 146 valence electrons. The first-order valence-corrected chi connectivity index (χ1v) is 8.77. The molecule has 0 unspecified atom stereocenters. The maximum Gasteiger partial charge on any atom is 0.262 e. The summed E-state index contributed by atoms with van der Waals surface area (Å²) in [6.07, 6.45) is 4.06. The number of benzene rings is 2. The second-order valence-corrected chi connectivity index (χ2v) is 5.93. The Balaban J connectivity index is 1.70. The molecule has 0 fully saturated rings. The Morgan fingerprint density at radius 3 is 2.39 bits per heavy atom. The normalized spacial score (nSPS) is 10.4. The Labute approximate surface area is 163 Å². The van der Waals surface area contributed by atoms with Crippen molar-refractivity contribution in [2.45, 2.75) is 13.3 Å². The Hall–Kier alpha value is -3.55. The van der Waals surface area contributed by atoms with Gasteiger partial charge in [0.2, 0.25) is 0 Å². The lowest BCUT2D eigenvalue weighted by molar-refractivity contribution is -0.118. The molecule has 1 heterocycles. The van der Waals surface area contributed by atoms with E-state index in [1.165, 1.54) is 0 Å². The lowest BCUT2D eigenvalue weighted by atomic mass is 10.1. The fourth-order valence-corrected chi connectivity index (χ4v) is 2.69. The molecular weight excluding hydrogens is 360 g/mol. The van der Waals surface area contributed by atoms with Crippen molar-refractivity contribution >= 4 is 11.6 Å². The van der Waals surface area contributed by atoms with Gasteiger partial charge in [0.15, 0.2) is 18.1 Å². The van der Waals surface area contributed by atoms with Gasteiger partial charge in [-0.05, 0) is 36.2 Å². The van der Waals surface area contributed by atoms with Gasteiger partial charge < -0.3 is 19.5 Å². The number of carbonyl (C=O) groups is 1. The zero-order valence-corrected chi connectivity index (χ0v) is 16.0. The first-order valence-electron chi connectivity index (χ1n) is 8.77. The minimum atomic E-state index is -0.290. The molecule has 0 saturated carbocycles. The van der Waals surface area contributed by atoms with E-state index in [-0.39, 0.29) is 12.5 Å². The molecule has 0 saturated heterocycles. The maximum absolute atomic E-state index is 12.3. The van der Waals surface area contributed by atoms with E-state index in [4.69, 9.17) is 14.2 Å². The summed E-state index contributed by atoms with van der Waals surface area (Å²) in [5, 5.41) is 10.4. The second-order valence-electron chi connectivity index (χ2n) is 5.93. The van der Waals surface area contributed by atoms with Gasteiger partial charge in [0.1, 0.15) is 18.4 Å². The van der Waals surface area contributed by atoms with Gasteiger partial charge in [0.05, 0.1) is 19.9 Å². The lowest BCUT2D eigenvalue weighted by Crippen LogP contribution is -2.20. The van der Waals surface area contributed by atoms with E-state index in [2.05, 4.69) is 22.4 Å². The monoisotopic (exact) mass is 382 g/mol. The quantitative estimate of drug-likeness (QED) is 0.645. The predicted molar refractivity (Wildman–Crippen MR) is 104 cm³/mol. The molecule has 28 heavy (non-hydrogen) atoms. The highest BCUT2D eigenvalue weighted by atomic mass is 16.5. The Bertz CT molecular complexity index is 941. The van der Waals surface area contributed by atoms with Crippen molar-refractivity contribution in [1.29, 1.82) is 0 Å². The highest BCUT2D eigenvalue weighted by Crippen LogP contribution is 2.30. The molecule has 1 aromatic heterocycles. The van der Waals surface area contributed by atoms with Crippen LogP contribution in [-0.2, 0) is 11.2 Å². The number of anilines is 1. The predicted octanol–water partition coefficient (Wildman–Crippen LogP) is 2.86. The van der Waals surface area contributed by atoms with E-state index in [9.17, 15) is 4.79 Å². The van der Waals surface area contributed by atoms with Gasteiger partial charge in [0.25, 0.3) is 5.91 Å². The molecule has 3 aromatic rings. The maximum atomic E-state index is 12.3. The number of amides is 1. The molecule has 0 aliphatic heterocycles. The number of ether oxygens (including phenoxy) is 3. The van der Waals surface area contributed by atoms with Crippen LogP contribution in [0.15, 0.2) is 49.1 Å². The van der Waals surface area contributed by atoms with Gasteiger partial charge in [-0.25, -0.2) is 0 Å². The topological polar surface area (TPSA) is 87.5 Å². The third kappa shape index (κ3) is 4.40. The van der Waals surface area contributed by atoms with Crippen LogP contribution in [0.4, 0.5) is 5.69 Å². The average molecular weight is 382 g/mol. The number of nitrogens with zero attached hydrogens (tertiary/aromatic N) is 3. The van der Waals surface area contributed by atoms with Crippen molar-refractivity contribution in [2.75, 3.05) is 26.1 Å². The molecule has 3 rings (SSSR count). The summed E-state index contributed by atoms with van der Waals surface area (Å²) in [5.74, 6) is 1.40. The average Bonchev–Trinajstić information content (AvgIpc) is 3.26. The third-order valence-electron chi connectivity index (χ3n) is 4.15. The van der Waals surface area contributed by atoms with Crippen LogP contribution in [0.3, 0.4) is 0 Å². The van der Waals surface area contributed by atoms with Crippen LogP contribution in [0, 0.1) is 0 Å². The number of aryl methyl sites for hydroxylation is 1. The van der Waals surface area contributed by atoms with E-state index in [0.29, 0.717) is 22.9 Å². The number of methoxy groups -OCH3 is 2. The standard InChI is InChI=1S/C20H22N4O4/c1-4-14-5-7-17(16(9-14)24-12-21-22-13-24)28-11-20(25)23-15-6-8-18(26-2)19(10-15)27-3/h5-10,12-13H,4,11H2,1-3H3,(H,23,25). The van der Waals surface area contributed by atoms with Crippen LogP contribution < -0.4 is 19.5 Å². The van der Waals surface area contributed by atoms with Crippen LogP contribution in [0.25, 0.3) is 5.69 Å². The summed E-state index contributed by atoms with van der Waals surface area (Å²) < 4.78 is 17.9. The summed E-state index contributed by atoms with van der Waals surface area (Å²) in [4.78, 5) is 12.3. The van der Waals surface area contributed by atoms with E-state index < -0.39 is 0 Å². The number of carbonyl (C=O) groups excluding carboxylic acids is 1. The molecule has 0 radical (unpaired) electrons. The fourth-order valence-electron chi connectivity index (χ4n) is 2.69. The molecule has 1 N–H and O–H groups in total. The van der Waals surface area contributed by atoms with E-state index in [1.807, 2.05) is 18.2 Å². The van der Waals surface area contributed by atoms with E-state index in [1.54, 1.807) is 49.6 Å². The Morgan fingerprint density at radius 1 is 1.00 bits per heavy atom. The Kier molecular flexibility index (Phi) is 6.11. The van der Waals surface area contributed by atoms with Crippen molar-refractivity contribution < 1.29 is 19.0 Å². The summed E-state index contributed by atoms with van der Waals surface area (Å²) in [6.45, 7) is 1.93. The van der Waals surface area contributed by atoms with Crippen molar-refractivity contribution in [3.63, 3.8) is 0 Å². The largest absolute Gasteiger partial charge is 0.493 e. The Morgan fingerprint density at radius 2 is 1.71 bits per heavy atom. The first kappa shape index (κ1) is 19.2. The minimum absolute atomic E-state index is 0.144. The van der Waals surface area contributed by atoms with Crippen LogP contribution in [0.1, 0.15) is 12.5 Å². The van der Waals surface area contributed by atoms with Gasteiger partial charge >= 0.3 is 0 Å². The second kappa shape index (κ2) is 8.90. The van der Waals surface area contributed by atoms with E-state index >= 15 is 0 Å². The van der Waals surface area contributed by atoms with Gasteiger partial charge in [-0.2, -0.15) is 0 Å². The summed E-state index contributed by atoms with van der Waals surface area (Å²) in [6, 6.07) is 11.0. The van der Waals surface area contributed by atoms with Gasteiger partial charge in [-0.1, -0.05) is 13.0 Å². The summed E-state index contributed by atoms with van der Waals surface area (Å²) in [5.41, 5.74) is 2.51. The number of aromatic nitrogens is 3. The highest BCUT2D eigenvalue weighted by Gasteiger charge is 2.11. The number of hydrogen-bond acceptors (Lipinski definition) is 6.